The van der Waals surface area contributed by atoms with Crippen LogP contribution in [0.3, 0.4) is 0 Å². The van der Waals surface area contributed by atoms with Crippen LogP contribution in [-0.4, -0.2) is 25.1 Å². The molecule has 0 aromatic carbocycles. The minimum absolute atomic E-state index is 0.327. The molecule has 2 unspecified atom stereocenters. The van der Waals surface area contributed by atoms with Gasteiger partial charge in [0.2, 0.25) is 0 Å². The minimum Gasteiger partial charge on any atom is -0.348 e. The summed E-state index contributed by atoms with van der Waals surface area (Å²) in [5.74, 6) is 0.638. The second-order valence-corrected chi connectivity index (χ2v) is 5.50. The average Bonchev–Trinajstić information content (AvgIpc) is 2.75. The first kappa shape index (κ1) is 13.5. The Bertz CT molecular complexity index is 322. The lowest BCUT2D eigenvalue weighted by atomic mass is 10.1. The van der Waals surface area contributed by atoms with Crippen LogP contribution >= 0.6 is 11.3 Å². The standard InChI is InChI=1S/C12H23N3S/c1-8(2)10(4)15(6)12-14-11(7-16-12)9(3)13-5/h7-10,13H,1-6H3. The van der Waals surface area contributed by atoms with Gasteiger partial charge in [-0.1, -0.05) is 13.8 Å². The van der Waals surface area contributed by atoms with Crippen LogP contribution in [0.5, 0.6) is 0 Å². The van der Waals surface area contributed by atoms with E-state index in [0.717, 1.165) is 10.8 Å². The highest BCUT2D eigenvalue weighted by Gasteiger charge is 2.17. The fourth-order valence-electron chi connectivity index (χ4n) is 1.41. The monoisotopic (exact) mass is 241 g/mol. The molecule has 92 valence electrons. The molecule has 0 fully saturated rings. The van der Waals surface area contributed by atoms with Crippen molar-refractivity contribution in [1.29, 1.82) is 0 Å². The summed E-state index contributed by atoms with van der Waals surface area (Å²) in [5, 5.41) is 6.46. The van der Waals surface area contributed by atoms with E-state index in [1.54, 1.807) is 11.3 Å². The average molecular weight is 241 g/mol. The van der Waals surface area contributed by atoms with Gasteiger partial charge in [-0.05, 0) is 26.8 Å². The molecular weight excluding hydrogens is 218 g/mol. The molecule has 1 N–H and O–H groups in total. The normalized spacial score (nSPS) is 15.2. The number of hydrogen-bond donors (Lipinski definition) is 1. The Morgan fingerprint density at radius 1 is 1.31 bits per heavy atom. The third-order valence-electron chi connectivity index (χ3n) is 3.26. The number of nitrogens with zero attached hydrogens (tertiary/aromatic N) is 2. The number of rotatable bonds is 5. The van der Waals surface area contributed by atoms with Crippen molar-refractivity contribution >= 4 is 16.5 Å². The van der Waals surface area contributed by atoms with E-state index in [0.29, 0.717) is 18.0 Å². The van der Waals surface area contributed by atoms with Crippen LogP contribution in [-0.2, 0) is 0 Å². The van der Waals surface area contributed by atoms with Gasteiger partial charge in [0, 0.05) is 24.5 Å². The summed E-state index contributed by atoms with van der Waals surface area (Å²) in [6.45, 7) is 8.86. The van der Waals surface area contributed by atoms with Gasteiger partial charge in [-0.3, -0.25) is 0 Å². The molecule has 0 amide bonds. The summed E-state index contributed by atoms with van der Waals surface area (Å²) in [4.78, 5) is 6.93. The van der Waals surface area contributed by atoms with Crippen LogP contribution in [0.4, 0.5) is 5.13 Å². The van der Waals surface area contributed by atoms with E-state index in [1.807, 2.05) is 7.05 Å². The molecule has 0 radical (unpaired) electrons. The number of nitrogens with one attached hydrogen (secondary N) is 1. The van der Waals surface area contributed by atoms with Gasteiger partial charge >= 0.3 is 0 Å². The number of thiazole rings is 1. The van der Waals surface area contributed by atoms with Crippen LogP contribution < -0.4 is 10.2 Å². The Morgan fingerprint density at radius 2 is 1.94 bits per heavy atom. The third kappa shape index (κ3) is 2.95. The molecule has 0 saturated heterocycles. The van der Waals surface area contributed by atoms with Crippen LogP contribution in [0.1, 0.15) is 39.4 Å². The van der Waals surface area contributed by atoms with Gasteiger partial charge < -0.3 is 10.2 Å². The molecule has 3 nitrogen and oxygen atoms in total. The molecule has 0 aliphatic heterocycles. The molecular formula is C12H23N3S. The predicted molar refractivity (Wildman–Crippen MR) is 72.3 cm³/mol. The molecule has 2 atom stereocenters. The summed E-state index contributed by atoms with van der Waals surface area (Å²) in [6, 6.07) is 0.844. The maximum absolute atomic E-state index is 4.67. The van der Waals surface area contributed by atoms with Crippen LogP contribution in [0.25, 0.3) is 0 Å². The second kappa shape index (κ2) is 5.64. The highest BCUT2D eigenvalue weighted by Crippen LogP contribution is 2.25. The zero-order valence-corrected chi connectivity index (χ0v) is 11.9. The topological polar surface area (TPSA) is 28.2 Å². The van der Waals surface area contributed by atoms with Crippen molar-refractivity contribution in [3.63, 3.8) is 0 Å². The second-order valence-electron chi connectivity index (χ2n) is 4.66. The maximum atomic E-state index is 4.67. The lowest BCUT2D eigenvalue weighted by Crippen LogP contribution is -2.33. The third-order valence-corrected chi connectivity index (χ3v) is 4.21. The van der Waals surface area contributed by atoms with Crippen molar-refractivity contribution in [2.24, 2.45) is 5.92 Å². The van der Waals surface area contributed by atoms with Gasteiger partial charge in [-0.25, -0.2) is 4.98 Å². The number of anilines is 1. The van der Waals surface area contributed by atoms with Gasteiger partial charge in [-0.15, -0.1) is 11.3 Å². The first-order valence-corrected chi connectivity index (χ1v) is 6.70. The lowest BCUT2D eigenvalue weighted by Gasteiger charge is -2.27. The highest BCUT2D eigenvalue weighted by atomic mass is 32.1. The molecule has 0 bridgehead atoms. The Morgan fingerprint density at radius 3 is 2.44 bits per heavy atom. The number of hydrogen-bond acceptors (Lipinski definition) is 4. The fourth-order valence-corrected chi connectivity index (χ4v) is 2.38. The molecule has 1 heterocycles. The summed E-state index contributed by atoms with van der Waals surface area (Å²) >= 11 is 1.72. The Labute approximate surface area is 103 Å². The minimum atomic E-state index is 0.327. The molecule has 1 aromatic rings. The van der Waals surface area contributed by atoms with Crippen molar-refractivity contribution in [2.45, 2.75) is 39.8 Å². The van der Waals surface area contributed by atoms with E-state index in [-0.39, 0.29) is 0 Å². The fraction of sp³-hybridized carbons (Fsp3) is 0.750. The summed E-state index contributed by atoms with van der Waals surface area (Å²) in [5.41, 5.74) is 1.13. The Kier molecular flexibility index (Phi) is 4.74. The molecule has 0 spiro atoms. The number of aromatic nitrogens is 1. The zero-order valence-electron chi connectivity index (χ0n) is 11.1. The van der Waals surface area contributed by atoms with Crippen LogP contribution in [0.15, 0.2) is 5.38 Å². The van der Waals surface area contributed by atoms with E-state index in [1.165, 1.54) is 0 Å². The predicted octanol–water partition coefficient (Wildman–Crippen LogP) is 2.90. The van der Waals surface area contributed by atoms with E-state index < -0.39 is 0 Å². The summed E-state index contributed by atoms with van der Waals surface area (Å²) < 4.78 is 0. The van der Waals surface area contributed by atoms with Crippen molar-refractivity contribution in [2.75, 3.05) is 19.0 Å². The summed E-state index contributed by atoms with van der Waals surface area (Å²) in [6.07, 6.45) is 0. The largest absolute Gasteiger partial charge is 0.348 e. The van der Waals surface area contributed by atoms with Crippen molar-refractivity contribution in [1.82, 2.24) is 10.3 Å². The van der Waals surface area contributed by atoms with Crippen molar-refractivity contribution < 1.29 is 0 Å². The lowest BCUT2D eigenvalue weighted by molar-refractivity contribution is 0.504. The molecule has 0 aliphatic rings. The smallest absolute Gasteiger partial charge is 0.185 e. The van der Waals surface area contributed by atoms with Crippen LogP contribution in [0, 0.1) is 5.92 Å². The quantitative estimate of drug-likeness (QED) is 0.859. The van der Waals surface area contributed by atoms with Gasteiger partial charge in [0.15, 0.2) is 5.13 Å². The summed E-state index contributed by atoms with van der Waals surface area (Å²) in [7, 11) is 4.08. The van der Waals surface area contributed by atoms with Crippen molar-refractivity contribution in [3.05, 3.63) is 11.1 Å². The Balaban J connectivity index is 2.77. The van der Waals surface area contributed by atoms with E-state index in [9.17, 15) is 0 Å². The van der Waals surface area contributed by atoms with Gasteiger partial charge in [0.05, 0.1) is 5.69 Å². The van der Waals surface area contributed by atoms with Gasteiger partial charge in [0.25, 0.3) is 0 Å². The molecule has 1 aromatic heterocycles. The van der Waals surface area contributed by atoms with E-state index in [2.05, 4.69) is 55.3 Å². The molecule has 0 saturated carbocycles. The van der Waals surface area contributed by atoms with Gasteiger partial charge in [0.1, 0.15) is 0 Å². The van der Waals surface area contributed by atoms with E-state index >= 15 is 0 Å². The molecule has 4 heteroatoms. The SMILES string of the molecule is CNC(C)c1csc(N(C)C(C)C(C)C)n1. The zero-order chi connectivity index (χ0) is 12.3. The van der Waals surface area contributed by atoms with Gasteiger partial charge in [-0.2, -0.15) is 0 Å². The molecule has 16 heavy (non-hydrogen) atoms. The highest BCUT2D eigenvalue weighted by molar-refractivity contribution is 7.13. The van der Waals surface area contributed by atoms with Crippen molar-refractivity contribution in [3.8, 4) is 0 Å². The Hall–Kier alpha value is -0.610. The first-order valence-electron chi connectivity index (χ1n) is 5.82. The van der Waals surface area contributed by atoms with Crippen LogP contribution in [0.2, 0.25) is 0 Å². The van der Waals surface area contributed by atoms with E-state index in [4.69, 9.17) is 0 Å². The first-order chi connectivity index (χ1) is 7.47. The molecule has 0 aliphatic carbocycles. The maximum Gasteiger partial charge on any atom is 0.185 e. The molecule has 1 rings (SSSR count).